The van der Waals surface area contributed by atoms with Gasteiger partial charge in [-0.15, -0.1) is 0 Å². The summed E-state index contributed by atoms with van der Waals surface area (Å²) < 4.78 is 6.01. The Hall–Kier alpha value is -2.07. The van der Waals surface area contributed by atoms with Gasteiger partial charge in [-0.25, -0.2) is 4.98 Å². The summed E-state index contributed by atoms with van der Waals surface area (Å²) in [6, 6.07) is 9.99. The van der Waals surface area contributed by atoms with Gasteiger partial charge < -0.3 is 10.5 Å². The van der Waals surface area contributed by atoms with Gasteiger partial charge in [0.1, 0.15) is 18.2 Å². The van der Waals surface area contributed by atoms with Crippen LogP contribution < -0.4 is 10.5 Å². The monoisotopic (exact) mass is 311 g/mol. The number of nitrogen functional groups attached to an aromatic ring is 1. The standard InChI is InChI=1S/C19H25N3O/c1-14-13-18(23-11-10-22-8-3-4-9-22)15(2)12-16(14)17-6-5-7-19(20)21-17/h5-7,12-13H,3-4,8-11H2,1-2H3,(H2,20,21). The maximum atomic E-state index is 6.01. The molecule has 23 heavy (non-hydrogen) atoms. The van der Waals surface area contributed by atoms with Crippen molar-refractivity contribution in [2.45, 2.75) is 26.7 Å². The molecule has 3 rings (SSSR count). The molecular formula is C19H25N3O. The number of ether oxygens (including phenoxy) is 1. The Labute approximate surface area is 138 Å². The van der Waals surface area contributed by atoms with E-state index >= 15 is 0 Å². The van der Waals surface area contributed by atoms with Crippen LogP contribution in [0.15, 0.2) is 30.3 Å². The van der Waals surface area contributed by atoms with Gasteiger partial charge in [0.15, 0.2) is 0 Å². The molecule has 0 atom stereocenters. The van der Waals surface area contributed by atoms with Crippen LogP contribution in [-0.4, -0.2) is 36.1 Å². The number of likely N-dealkylation sites (tertiary alicyclic amines) is 1. The van der Waals surface area contributed by atoms with E-state index in [0.29, 0.717) is 5.82 Å². The Balaban J connectivity index is 1.72. The zero-order chi connectivity index (χ0) is 16.2. The number of anilines is 1. The van der Waals surface area contributed by atoms with Gasteiger partial charge in [-0.3, -0.25) is 4.90 Å². The third-order valence-corrected chi connectivity index (χ3v) is 4.43. The molecule has 1 aliphatic heterocycles. The van der Waals surface area contributed by atoms with E-state index in [9.17, 15) is 0 Å². The predicted molar refractivity (Wildman–Crippen MR) is 94.7 cm³/mol. The fraction of sp³-hybridized carbons (Fsp3) is 0.421. The summed E-state index contributed by atoms with van der Waals surface area (Å²) in [5.41, 5.74) is 10.1. The van der Waals surface area contributed by atoms with Crippen LogP contribution in [0.25, 0.3) is 11.3 Å². The molecule has 1 fully saturated rings. The van der Waals surface area contributed by atoms with Crippen molar-refractivity contribution >= 4 is 5.82 Å². The second-order valence-electron chi connectivity index (χ2n) is 6.28. The third kappa shape index (κ3) is 3.82. The zero-order valence-corrected chi connectivity index (χ0v) is 14.0. The maximum Gasteiger partial charge on any atom is 0.124 e. The van der Waals surface area contributed by atoms with E-state index in [1.54, 1.807) is 0 Å². The smallest absolute Gasteiger partial charge is 0.124 e. The average Bonchev–Trinajstić information content (AvgIpc) is 3.03. The number of benzene rings is 1. The summed E-state index contributed by atoms with van der Waals surface area (Å²) in [6.07, 6.45) is 2.64. The minimum absolute atomic E-state index is 0.547. The first-order valence-corrected chi connectivity index (χ1v) is 8.33. The Morgan fingerprint density at radius 3 is 2.65 bits per heavy atom. The number of nitrogens with two attached hydrogens (primary N) is 1. The average molecular weight is 311 g/mol. The molecule has 2 heterocycles. The Kier molecular flexibility index (Phi) is 4.82. The van der Waals surface area contributed by atoms with E-state index in [2.05, 4.69) is 35.9 Å². The van der Waals surface area contributed by atoms with Crippen molar-refractivity contribution in [3.63, 3.8) is 0 Å². The SMILES string of the molecule is Cc1cc(-c2cccc(N)n2)c(C)cc1OCCN1CCCC1. The zero-order valence-electron chi connectivity index (χ0n) is 14.0. The van der Waals surface area contributed by atoms with Crippen molar-refractivity contribution in [3.8, 4) is 17.0 Å². The molecule has 0 bridgehead atoms. The molecular weight excluding hydrogens is 286 g/mol. The predicted octanol–water partition coefficient (Wildman–Crippen LogP) is 3.42. The lowest BCUT2D eigenvalue weighted by Crippen LogP contribution is -2.25. The highest BCUT2D eigenvalue weighted by atomic mass is 16.5. The van der Waals surface area contributed by atoms with Gasteiger partial charge in [-0.1, -0.05) is 6.07 Å². The van der Waals surface area contributed by atoms with Gasteiger partial charge in [-0.2, -0.15) is 0 Å². The third-order valence-electron chi connectivity index (χ3n) is 4.43. The number of hydrogen-bond donors (Lipinski definition) is 1. The van der Waals surface area contributed by atoms with Gasteiger partial charge in [0.05, 0.1) is 5.69 Å². The molecule has 4 nitrogen and oxygen atoms in total. The summed E-state index contributed by atoms with van der Waals surface area (Å²) in [5, 5.41) is 0. The van der Waals surface area contributed by atoms with E-state index in [-0.39, 0.29) is 0 Å². The minimum atomic E-state index is 0.547. The molecule has 1 saturated heterocycles. The number of hydrogen-bond acceptors (Lipinski definition) is 4. The second kappa shape index (κ2) is 7.01. The van der Waals surface area contributed by atoms with Crippen LogP contribution in [0.1, 0.15) is 24.0 Å². The van der Waals surface area contributed by atoms with Gasteiger partial charge in [0, 0.05) is 12.1 Å². The summed E-state index contributed by atoms with van der Waals surface area (Å²) in [4.78, 5) is 6.89. The van der Waals surface area contributed by atoms with Crippen LogP contribution in [0.3, 0.4) is 0 Å². The second-order valence-corrected chi connectivity index (χ2v) is 6.28. The van der Waals surface area contributed by atoms with Gasteiger partial charge >= 0.3 is 0 Å². The number of aromatic nitrogens is 1. The lowest BCUT2D eigenvalue weighted by atomic mass is 10.0. The molecule has 1 aliphatic rings. The van der Waals surface area contributed by atoms with Gasteiger partial charge in [-0.05, 0) is 75.2 Å². The maximum absolute atomic E-state index is 6.01. The molecule has 2 aromatic rings. The number of nitrogens with zero attached hydrogens (tertiary/aromatic N) is 2. The summed E-state index contributed by atoms with van der Waals surface area (Å²) in [7, 11) is 0. The highest BCUT2D eigenvalue weighted by molar-refractivity contribution is 5.67. The Morgan fingerprint density at radius 2 is 1.91 bits per heavy atom. The first kappa shape index (κ1) is 15.8. The molecule has 0 radical (unpaired) electrons. The first-order chi connectivity index (χ1) is 11.1. The summed E-state index contributed by atoms with van der Waals surface area (Å²) in [5.74, 6) is 1.51. The molecule has 0 spiro atoms. The quantitative estimate of drug-likeness (QED) is 0.919. The lowest BCUT2D eigenvalue weighted by molar-refractivity contribution is 0.237. The topological polar surface area (TPSA) is 51.4 Å². The molecule has 0 aliphatic carbocycles. The summed E-state index contributed by atoms with van der Waals surface area (Å²) in [6.45, 7) is 8.35. The van der Waals surface area contributed by atoms with Crippen LogP contribution >= 0.6 is 0 Å². The van der Waals surface area contributed by atoms with Crippen LogP contribution in [-0.2, 0) is 0 Å². The highest BCUT2D eigenvalue weighted by Crippen LogP contribution is 2.29. The molecule has 0 unspecified atom stereocenters. The Bertz CT molecular complexity index is 678. The lowest BCUT2D eigenvalue weighted by Gasteiger charge is -2.17. The van der Waals surface area contributed by atoms with Crippen molar-refractivity contribution in [1.82, 2.24) is 9.88 Å². The van der Waals surface area contributed by atoms with Crippen LogP contribution in [0, 0.1) is 13.8 Å². The molecule has 2 N–H and O–H groups in total. The largest absolute Gasteiger partial charge is 0.492 e. The van der Waals surface area contributed by atoms with Crippen LogP contribution in [0.5, 0.6) is 5.75 Å². The van der Waals surface area contributed by atoms with Gasteiger partial charge in [0.2, 0.25) is 0 Å². The minimum Gasteiger partial charge on any atom is -0.492 e. The Morgan fingerprint density at radius 1 is 1.13 bits per heavy atom. The molecule has 0 saturated carbocycles. The van der Waals surface area contributed by atoms with Crippen molar-refractivity contribution in [1.29, 1.82) is 0 Å². The van der Waals surface area contributed by atoms with Crippen molar-refractivity contribution in [3.05, 3.63) is 41.5 Å². The van der Waals surface area contributed by atoms with E-state index in [4.69, 9.17) is 10.5 Å². The molecule has 1 aromatic heterocycles. The molecule has 0 amide bonds. The normalized spacial score (nSPS) is 15.0. The highest BCUT2D eigenvalue weighted by Gasteiger charge is 2.12. The number of rotatable bonds is 5. The van der Waals surface area contributed by atoms with Crippen molar-refractivity contribution in [2.75, 3.05) is 32.0 Å². The van der Waals surface area contributed by atoms with Crippen molar-refractivity contribution < 1.29 is 4.74 Å². The van der Waals surface area contributed by atoms with Crippen LogP contribution in [0.2, 0.25) is 0 Å². The van der Waals surface area contributed by atoms with Gasteiger partial charge in [0.25, 0.3) is 0 Å². The summed E-state index contributed by atoms with van der Waals surface area (Å²) >= 11 is 0. The van der Waals surface area contributed by atoms with E-state index < -0.39 is 0 Å². The fourth-order valence-electron chi connectivity index (χ4n) is 3.11. The number of aryl methyl sites for hydroxylation is 2. The van der Waals surface area contributed by atoms with E-state index in [1.807, 2.05) is 18.2 Å². The molecule has 1 aromatic carbocycles. The van der Waals surface area contributed by atoms with Crippen molar-refractivity contribution in [2.24, 2.45) is 0 Å². The van der Waals surface area contributed by atoms with Crippen LogP contribution in [0.4, 0.5) is 5.82 Å². The molecule has 122 valence electrons. The fourth-order valence-corrected chi connectivity index (χ4v) is 3.11. The number of pyridine rings is 1. The van der Waals surface area contributed by atoms with E-state index in [1.165, 1.54) is 25.9 Å². The molecule has 4 heteroatoms. The first-order valence-electron chi connectivity index (χ1n) is 8.33. The van der Waals surface area contributed by atoms with E-state index in [0.717, 1.165) is 41.3 Å².